The molecule has 5 heteroatoms. The van der Waals surface area contributed by atoms with Crippen molar-refractivity contribution in [3.63, 3.8) is 0 Å². The predicted molar refractivity (Wildman–Crippen MR) is 37.6 cm³/mol. The summed E-state index contributed by atoms with van der Waals surface area (Å²) in [5, 5.41) is 8.89. The van der Waals surface area contributed by atoms with E-state index in [1.807, 2.05) is 0 Å². The van der Waals surface area contributed by atoms with Crippen molar-refractivity contribution in [1.29, 1.82) is 0 Å². The van der Waals surface area contributed by atoms with Gasteiger partial charge in [-0.1, -0.05) is 12.9 Å². The first-order valence-corrected chi connectivity index (χ1v) is 3.11. The Kier molecular flexibility index (Phi) is 2.19. The minimum atomic E-state index is -0.958. The molecule has 1 rings (SSSR count). The Morgan fingerprint density at radius 2 is 2.09 bits per heavy atom. The van der Waals surface area contributed by atoms with Gasteiger partial charge in [-0.2, -0.15) is 13.8 Å². The number of nitrogens with zero attached hydrogens (tertiary/aromatic N) is 1. The molecule has 0 bridgehead atoms. The maximum atomic E-state index is 12.6. The van der Waals surface area contributed by atoms with Crippen LogP contribution in [0.1, 0.15) is 0 Å². The van der Waals surface area contributed by atoms with Crippen LogP contribution in [-0.2, 0) is 0 Å². The summed E-state index contributed by atoms with van der Waals surface area (Å²) in [6.07, 6.45) is 0. The smallest absolute Gasteiger partial charge is 0.325 e. The molecule has 0 spiro atoms. The molecule has 0 amide bonds. The Balaban J connectivity index is 3.09. The van der Waals surface area contributed by atoms with Crippen LogP contribution in [0.2, 0.25) is 6.82 Å². The van der Waals surface area contributed by atoms with E-state index in [2.05, 4.69) is 4.98 Å². The number of hydrogen-bond acceptors (Lipinski definition) is 2. The molecule has 0 aromatic carbocycles. The standard InChI is InChI=1S/C6H6BF2NO/c1-7(11)4-2-3-5(8)10-6(4)9/h2-3,11H,1H3. The normalized spacial score (nSPS) is 9.82. The van der Waals surface area contributed by atoms with Crippen molar-refractivity contribution < 1.29 is 13.8 Å². The first-order valence-electron chi connectivity index (χ1n) is 3.11. The first kappa shape index (κ1) is 8.13. The van der Waals surface area contributed by atoms with Crippen molar-refractivity contribution in [1.82, 2.24) is 4.98 Å². The SMILES string of the molecule is CB(O)c1ccc(F)nc1F. The van der Waals surface area contributed by atoms with E-state index >= 15 is 0 Å². The predicted octanol–water partition coefficient (Wildman–Crippen LogP) is 0.180. The number of pyridine rings is 1. The topological polar surface area (TPSA) is 33.1 Å². The molecule has 58 valence electrons. The van der Waals surface area contributed by atoms with Crippen LogP contribution in [0.4, 0.5) is 8.78 Å². The summed E-state index contributed by atoms with van der Waals surface area (Å²) >= 11 is 0. The van der Waals surface area contributed by atoms with Gasteiger partial charge in [0.15, 0.2) is 0 Å². The Labute approximate surface area is 63.0 Å². The van der Waals surface area contributed by atoms with Gasteiger partial charge in [0.05, 0.1) is 0 Å². The Bertz CT molecular complexity index is 267. The van der Waals surface area contributed by atoms with Crippen LogP contribution in [0.15, 0.2) is 12.1 Å². The highest BCUT2D eigenvalue weighted by molar-refractivity contribution is 6.64. The lowest BCUT2D eigenvalue weighted by atomic mass is 9.65. The summed E-state index contributed by atoms with van der Waals surface area (Å²) in [5.74, 6) is -1.84. The van der Waals surface area contributed by atoms with Gasteiger partial charge in [-0.25, -0.2) is 0 Å². The van der Waals surface area contributed by atoms with Crippen molar-refractivity contribution in [2.75, 3.05) is 0 Å². The minimum Gasteiger partial charge on any atom is -0.446 e. The second kappa shape index (κ2) is 2.96. The van der Waals surface area contributed by atoms with E-state index in [1.54, 1.807) is 0 Å². The quantitative estimate of drug-likeness (QED) is 0.465. The summed E-state index contributed by atoms with van der Waals surface area (Å²) < 4.78 is 24.8. The maximum Gasteiger partial charge on any atom is 0.325 e. The van der Waals surface area contributed by atoms with E-state index in [9.17, 15) is 8.78 Å². The van der Waals surface area contributed by atoms with Crippen LogP contribution in [0.5, 0.6) is 0 Å². The minimum absolute atomic E-state index is 0.00593. The Morgan fingerprint density at radius 1 is 1.45 bits per heavy atom. The third kappa shape index (κ3) is 1.74. The van der Waals surface area contributed by atoms with Crippen LogP contribution in [0, 0.1) is 11.9 Å². The summed E-state index contributed by atoms with van der Waals surface area (Å²) in [6, 6.07) is 2.17. The molecule has 1 heterocycles. The average molecular weight is 157 g/mol. The average Bonchev–Trinajstić information content (AvgIpc) is 1.85. The van der Waals surface area contributed by atoms with E-state index in [1.165, 1.54) is 12.9 Å². The molecule has 0 aliphatic heterocycles. The molecule has 2 nitrogen and oxygen atoms in total. The molecule has 0 unspecified atom stereocenters. The van der Waals surface area contributed by atoms with Gasteiger partial charge in [0.2, 0.25) is 11.9 Å². The highest BCUT2D eigenvalue weighted by Crippen LogP contribution is 1.94. The van der Waals surface area contributed by atoms with Crippen molar-refractivity contribution in [2.24, 2.45) is 0 Å². The highest BCUT2D eigenvalue weighted by Gasteiger charge is 2.13. The zero-order chi connectivity index (χ0) is 8.43. The van der Waals surface area contributed by atoms with E-state index in [4.69, 9.17) is 5.02 Å². The largest absolute Gasteiger partial charge is 0.446 e. The van der Waals surface area contributed by atoms with Crippen LogP contribution < -0.4 is 5.46 Å². The van der Waals surface area contributed by atoms with Crippen LogP contribution in [0.25, 0.3) is 0 Å². The molecular weight excluding hydrogens is 151 g/mol. The fourth-order valence-corrected chi connectivity index (χ4v) is 0.735. The molecule has 0 saturated heterocycles. The lowest BCUT2D eigenvalue weighted by Gasteiger charge is -2.00. The van der Waals surface area contributed by atoms with Gasteiger partial charge < -0.3 is 5.02 Å². The molecule has 1 aromatic heterocycles. The number of halogens is 2. The zero-order valence-electron chi connectivity index (χ0n) is 5.88. The van der Waals surface area contributed by atoms with Gasteiger partial charge in [0.25, 0.3) is 0 Å². The molecule has 0 radical (unpaired) electrons. The van der Waals surface area contributed by atoms with E-state index in [-0.39, 0.29) is 5.46 Å². The summed E-state index contributed by atoms with van der Waals surface area (Å²) in [5.41, 5.74) is 0.00593. The third-order valence-electron chi connectivity index (χ3n) is 1.29. The van der Waals surface area contributed by atoms with Crippen LogP contribution in [0.3, 0.4) is 0 Å². The monoisotopic (exact) mass is 157 g/mol. The summed E-state index contributed by atoms with van der Waals surface area (Å²) in [4.78, 5) is 2.90. The molecule has 1 N–H and O–H groups in total. The van der Waals surface area contributed by atoms with Crippen molar-refractivity contribution >= 4 is 12.4 Å². The molecule has 11 heavy (non-hydrogen) atoms. The zero-order valence-corrected chi connectivity index (χ0v) is 5.88. The van der Waals surface area contributed by atoms with Crippen molar-refractivity contribution in [2.45, 2.75) is 6.82 Å². The molecule has 0 aliphatic rings. The fraction of sp³-hybridized carbons (Fsp3) is 0.167. The number of aromatic nitrogens is 1. The molecular formula is C6H6BF2NO. The van der Waals surface area contributed by atoms with Gasteiger partial charge >= 0.3 is 6.92 Å². The Morgan fingerprint density at radius 3 is 2.55 bits per heavy atom. The molecule has 0 saturated carbocycles. The fourth-order valence-electron chi connectivity index (χ4n) is 0.735. The van der Waals surface area contributed by atoms with Gasteiger partial charge in [-0.3, -0.25) is 0 Å². The van der Waals surface area contributed by atoms with Gasteiger partial charge in [0.1, 0.15) is 0 Å². The number of hydrogen-bond donors (Lipinski definition) is 1. The lowest BCUT2D eigenvalue weighted by Crippen LogP contribution is -2.30. The van der Waals surface area contributed by atoms with E-state index in [0.717, 1.165) is 6.07 Å². The molecule has 1 aromatic rings. The summed E-state index contributed by atoms with van der Waals surface area (Å²) in [6.45, 7) is 0.431. The van der Waals surface area contributed by atoms with Crippen molar-refractivity contribution in [3.05, 3.63) is 24.0 Å². The maximum absolute atomic E-state index is 12.6. The summed E-state index contributed by atoms with van der Waals surface area (Å²) in [7, 11) is 0. The first-order chi connectivity index (χ1) is 5.11. The lowest BCUT2D eigenvalue weighted by molar-refractivity contribution is 0.514. The van der Waals surface area contributed by atoms with Gasteiger partial charge in [-0.15, -0.1) is 0 Å². The third-order valence-corrected chi connectivity index (χ3v) is 1.29. The highest BCUT2D eigenvalue weighted by atomic mass is 19.1. The van der Waals surface area contributed by atoms with Gasteiger partial charge in [-0.05, 0) is 6.07 Å². The van der Waals surface area contributed by atoms with Gasteiger partial charge in [0, 0.05) is 5.46 Å². The van der Waals surface area contributed by atoms with Crippen LogP contribution in [-0.4, -0.2) is 16.9 Å². The molecule has 0 atom stereocenters. The number of rotatable bonds is 1. The molecule has 0 fully saturated rings. The van der Waals surface area contributed by atoms with Crippen molar-refractivity contribution in [3.8, 4) is 0 Å². The second-order valence-electron chi connectivity index (χ2n) is 2.19. The van der Waals surface area contributed by atoms with E-state index < -0.39 is 18.8 Å². The Hall–Kier alpha value is -0.965. The van der Waals surface area contributed by atoms with Crippen LogP contribution >= 0.6 is 0 Å². The molecule has 0 aliphatic carbocycles. The van der Waals surface area contributed by atoms with E-state index in [0.29, 0.717) is 0 Å². The second-order valence-corrected chi connectivity index (χ2v) is 2.19.